The smallest absolute Gasteiger partial charge is 0.342 e. The molecule has 10 N–H and O–H groups in total. The van der Waals surface area contributed by atoms with Crippen LogP contribution in [0.1, 0.15) is 149 Å². The lowest BCUT2D eigenvalue weighted by Crippen LogP contribution is -2.20. The van der Waals surface area contributed by atoms with Crippen molar-refractivity contribution in [2.75, 3.05) is 13.2 Å². The number of phenolic OH excluding ortho intramolecular Hbond substituents is 8. The van der Waals surface area contributed by atoms with Gasteiger partial charge in [-0.1, -0.05) is 135 Å². The first-order valence-corrected chi connectivity index (χ1v) is 37.6. The number of nitroso groups, excluding NO2 is 1. The SMILES string of the molecule is C[C@@H]1C[C@H]2C[C@@H]2/C=C\C=C\C(=NO)Cc2c(Cl)c(O)cc(O)c2C(=O)O1.C[C@@H]1C[C@H]2C[C@@H]2/C=C\C=C\C(=O)Cc2c(Cl)c(O)cc(O)c2C(=O)O1.C[C@@H]1C[C@H]2O[C@@H]2/C=C\C=C\C(=NO)Cc2c(Cl)c(O)cc(O)c2C(=O)O1.C[C@@H]1C[C@H]2O[C@@H]2/C=C\C=C\C(=NOCCC2CCC[N+]2=O)Cc2c(Cl)c(O)cc(O)c2C(=O)O1. The second-order valence-electron chi connectivity index (χ2n) is 28.2. The van der Waals surface area contributed by atoms with Gasteiger partial charge in [0.05, 0.1) is 68.1 Å². The number of hydrogen-bond acceptors (Lipinski definition) is 26. The van der Waals surface area contributed by atoms with E-state index in [1.807, 2.05) is 43.4 Å². The van der Waals surface area contributed by atoms with Crippen LogP contribution in [0.25, 0.3) is 0 Å². The number of nitrogens with zero attached hydrogens (tertiary/aromatic N) is 4. The molecule has 7 heterocycles. The molecule has 13 rings (SSSR count). The molecular formula is C80H85Cl4N4O23+. The monoisotopic (exact) mass is 1610 g/mol. The van der Waals surface area contributed by atoms with E-state index >= 15 is 0 Å². The lowest BCUT2D eigenvalue weighted by atomic mass is 9.99. The van der Waals surface area contributed by atoms with Crippen LogP contribution in [-0.2, 0) is 63.7 Å². The van der Waals surface area contributed by atoms with Gasteiger partial charge in [-0.05, 0) is 118 Å². The summed E-state index contributed by atoms with van der Waals surface area (Å²) in [6.07, 6.45) is 32.9. The summed E-state index contributed by atoms with van der Waals surface area (Å²) in [5.74, 6) is -4.83. The molecule has 1 unspecified atom stereocenters. The molecule has 13 atom stereocenters. The minimum atomic E-state index is -0.780. The number of allylic oxidation sites excluding steroid dienone is 14. The Labute approximate surface area is 658 Å². The lowest BCUT2D eigenvalue weighted by Gasteiger charge is -2.17. The van der Waals surface area contributed by atoms with E-state index in [9.17, 15) is 80.1 Å². The Kier molecular flexibility index (Phi) is 28.3. The average Bonchev–Trinajstić information content (AvgIpc) is 1.46. The van der Waals surface area contributed by atoms with Crippen LogP contribution in [-0.4, -0.2) is 171 Å². The van der Waals surface area contributed by atoms with E-state index < -0.39 is 64.8 Å². The second kappa shape index (κ2) is 37.7. The Bertz CT molecular complexity index is 4460. The number of rotatable bonds is 4. The standard InChI is InChI=1S/C24H27ClN2O7.C19H20ClNO5.C19H19ClO5.C18H18ClNO6/c1-14-11-21-20(34-21)7-3-2-5-15(26-32-10-8-16-6-4-9-27(16)31)12-17-22(24(30)33-14)18(28)13-19(29)23(17)25;1-10-6-12-7-11(12)4-2-3-5-13(21-25)8-14-17(19(24)26-10)15(22)9-16(23)18(14)20;1-10-6-12-7-11(12)4-2-3-5-13(21)8-14-17(19(24)25-10)15(22)9-16(23)18(14)20;1-9-6-15-14(26-15)5-3-2-4-10(20-24)7-11-16(18(23)25-9)12(21)8-13(22)17(11)19/h2-3,5,7,13-14,16,20-21H,4,6,8-12H2,1H3,(H-,28,29,30);2-5,9-12,22-23,25H,6-8H2,1H3;2-5,9-12,22-23H,6-8H2,1H3;2-5,8-9,14-15,21-22,24H,6-7H2,1H3/p+1/b5-2+,7-3-,26-15?;4-2-,5-3+,21-13?;4-2-,5-3+;4-2+,5-3-,20-10?/t14-,16?,20-,21-;2*10-,11+,12+;9-,14-,15-/m1111/s1. The van der Waals surface area contributed by atoms with Crippen molar-refractivity contribution >= 4 is 93.2 Å². The Morgan fingerprint density at radius 2 is 0.784 bits per heavy atom. The maximum atomic E-state index is 12.9. The molecule has 590 valence electrons. The Hall–Kier alpha value is -10.2. The van der Waals surface area contributed by atoms with Crippen molar-refractivity contribution in [2.24, 2.45) is 39.1 Å². The number of esters is 4. The van der Waals surface area contributed by atoms with Gasteiger partial charge in [-0.15, -0.1) is 0 Å². The fourth-order valence-corrected chi connectivity index (χ4v) is 14.4. The molecule has 9 aliphatic rings. The Morgan fingerprint density at radius 1 is 0.441 bits per heavy atom. The van der Waals surface area contributed by atoms with Crippen LogP contribution < -0.4 is 0 Å². The summed E-state index contributed by atoms with van der Waals surface area (Å²) in [6, 6.07) is 3.90. The molecule has 2 saturated carbocycles. The summed E-state index contributed by atoms with van der Waals surface area (Å²) in [5, 5.41) is 109. The zero-order valence-electron chi connectivity index (χ0n) is 60.7. The van der Waals surface area contributed by atoms with Gasteiger partial charge >= 0.3 is 23.9 Å². The van der Waals surface area contributed by atoms with Crippen molar-refractivity contribution in [3.8, 4) is 46.0 Å². The number of carbonyl (C=O) groups is 5. The minimum Gasteiger partial charge on any atom is -0.507 e. The third-order valence-corrected chi connectivity index (χ3v) is 21.3. The maximum Gasteiger partial charge on any atom is 0.342 e. The lowest BCUT2D eigenvalue weighted by molar-refractivity contribution is -0.565. The van der Waals surface area contributed by atoms with Crippen LogP contribution in [0.2, 0.25) is 20.1 Å². The van der Waals surface area contributed by atoms with E-state index in [1.54, 1.807) is 63.3 Å². The highest BCUT2D eigenvalue weighted by atomic mass is 35.5. The molecule has 0 amide bonds. The first kappa shape index (κ1) is 83.3. The van der Waals surface area contributed by atoms with Gasteiger partial charge in [0, 0.05) is 90.9 Å². The summed E-state index contributed by atoms with van der Waals surface area (Å²) in [6.45, 7) is 7.87. The number of aromatic hydroxyl groups is 8. The molecule has 0 bridgehead atoms. The van der Waals surface area contributed by atoms with Gasteiger partial charge in [-0.25, -0.2) is 19.2 Å². The molecule has 4 aromatic carbocycles. The van der Waals surface area contributed by atoms with Gasteiger partial charge in [0.25, 0.3) is 0 Å². The minimum absolute atomic E-state index is 0.0103. The number of ether oxygens (including phenoxy) is 6. The molecular weight excluding hydrogens is 1530 g/mol. The highest BCUT2D eigenvalue weighted by molar-refractivity contribution is 6.35. The van der Waals surface area contributed by atoms with Gasteiger partial charge in [0.2, 0.25) is 6.04 Å². The van der Waals surface area contributed by atoms with Crippen molar-refractivity contribution in [1.29, 1.82) is 0 Å². The first-order valence-electron chi connectivity index (χ1n) is 36.1. The summed E-state index contributed by atoms with van der Waals surface area (Å²) in [4.78, 5) is 80.1. The van der Waals surface area contributed by atoms with Crippen LogP contribution in [0.3, 0.4) is 0 Å². The number of cyclic esters (lactones) is 4. The van der Waals surface area contributed by atoms with E-state index in [2.05, 4.69) is 21.5 Å². The van der Waals surface area contributed by atoms with Crippen molar-refractivity contribution in [3.05, 3.63) is 191 Å². The Balaban J connectivity index is 0.000000159. The van der Waals surface area contributed by atoms with Crippen LogP contribution in [0.15, 0.2) is 137 Å². The molecule has 2 aliphatic carbocycles. The predicted molar refractivity (Wildman–Crippen MR) is 409 cm³/mol. The van der Waals surface area contributed by atoms with E-state index in [0.717, 1.165) is 67.6 Å². The number of ketones is 1. The third-order valence-electron chi connectivity index (χ3n) is 19.6. The predicted octanol–water partition coefficient (Wildman–Crippen LogP) is 14.2. The van der Waals surface area contributed by atoms with Crippen LogP contribution in [0, 0.1) is 28.6 Å². The van der Waals surface area contributed by atoms with Gasteiger partial charge in [-0.3, -0.25) is 4.79 Å². The van der Waals surface area contributed by atoms with Crippen LogP contribution in [0.5, 0.6) is 46.0 Å². The van der Waals surface area contributed by atoms with Gasteiger partial charge in [0.1, 0.15) is 99.3 Å². The number of oxime groups is 3. The molecule has 31 heteroatoms. The van der Waals surface area contributed by atoms with E-state index in [-0.39, 0.29) is 174 Å². The molecule has 3 saturated heterocycles. The largest absolute Gasteiger partial charge is 0.507 e. The zero-order valence-corrected chi connectivity index (χ0v) is 63.8. The molecule has 0 radical (unpaired) electrons. The van der Waals surface area contributed by atoms with Crippen LogP contribution >= 0.6 is 46.4 Å². The summed E-state index contributed by atoms with van der Waals surface area (Å²) in [5.41, 5.74) is 0.675. The maximum absolute atomic E-state index is 12.9. The fourth-order valence-electron chi connectivity index (χ4n) is 13.6. The van der Waals surface area contributed by atoms with Crippen molar-refractivity contribution in [1.82, 2.24) is 0 Å². The van der Waals surface area contributed by atoms with Crippen molar-refractivity contribution in [2.45, 2.75) is 166 Å². The normalized spacial score (nSPS) is 29.7. The summed E-state index contributed by atoms with van der Waals surface area (Å²) in [7, 11) is 0. The highest BCUT2D eigenvalue weighted by Crippen LogP contribution is 2.47. The van der Waals surface area contributed by atoms with E-state index in [0.29, 0.717) is 55.2 Å². The molecule has 27 nitrogen and oxygen atoms in total. The molecule has 0 aromatic heterocycles. The Morgan fingerprint density at radius 3 is 1.15 bits per heavy atom. The highest BCUT2D eigenvalue weighted by Gasteiger charge is 2.42. The molecule has 5 fully saturated rings. The first-order chi connectivity index (χ1) is 53.0. The number of phenols is 8. The van der Waals surface area contributed by atoms with E-state index in [1.165, 1.54) is 12.2 Å². The summed E-state index contributed by atoms with van der Waals surface area (Å²) >= 11 is 24.7. The summed E-state index contributed by atoms with van der Waals surface area (Å²) < 4.78 is 34.0. The number of hydrogen-bond donors (Lipinski definition) is 10. The quantitative estimate of drug-likeness (QED) is 0.0172. The molecule has 4 aromatic rings. The van der Waals surface area contributed by atoms with Crippen molar-refractivity contribution in [3.63, 3.8) is 0 Å². The van der Waals surface area contributed by atoms with Gasteiger partial charge in [0.15, 0.2) is 12.3 Å². The third kappa shape index (κ3) is 22.3. The fraction of sp³-hybridized carbons (Fsp3) is 0.400. The topological polar surface area (TPSA) is 416 Å². The number of carbonyl (C=O) groups excluding carboxylic acids is 5. The number of epoxide rings is 2. The van der Waals surface area contributed by atoms with Crippen molar-refractivity contribution < 1.29 is 113 Å². The van der Waals surface area contributed by atoms with Gasteiger partial charge in [-0.2, -0.15) is 0 Å². The molecule has 0 spiro atoms. The van der Waals surface area contributed by atoms with Crippen LogP contribution in [0.4, 0.5) is 0 Å². The number of fused-ring (bicyclic) bond motifs is 8. The number of halogens is 4. The zero-order chi connectivity index (χ0) is 80.1. The number of benzene rings is 4. The van der Waals surface area contributed by atoms with E-state index in [4.69, 9.17) is 79.7 Å². The average molecular weight is 1610 g/mol. The molecule has 7 aliphatic heterocycles. The van der Waals surface area contributed by atoms with Gasteiger partial charge < -0.3 is 84.5 Å². The molecule has 111 heavy (non-hydrogen) atoms. The second-order valence-corrected chi connectivity index (χ2v) is 29.7.